The molecule has 3 aliphatic rings. The fourth-order valence-electron chi connectivity index (χ4n) is 14.9. The van der Waals surface area contributed by atoms with E-state index in [1.54, 1.807) is 12.1 Å². The Bertz CT molecular complexity index is 4600. The molecule has 7 rings (SSSR count). The molecule has 0 unspecified atom stereocenters. The van der Waals surface area contributed by atoms with Crippen LogP contribution in [0.3, 0.4) is 0 Å². The molecule has 4 aromatic rings. The van der Waals surface area contributed by atoms with Gasteiger partial charge >= 0.3 is 5.97 Å². The molecule has 710 valence electrons. The number of aromatic nitrogens is 2. The second kappa shape index (κ2) is 51.9. The number of amides is 16. The molecule has 0 spiro atoms. The summed E-state index contributed by atoms with van der Waals surface area (Å²) in [5, 5.41) is 81.0. The van der Waals surface area contributed by atoms with Crippen molar-refractivity contribution in [1.29, 1.82) is 5.41 Å². The normalized spacial score (nSPS) is 17.4. The number of carboxylic acids is 1. The summed E-state index contributed by atoms with van der Waals surface area (Å²) in [5.74, 6) is -16.7. The largest absolute Gasteiger partial charge is 0.508 e. The lowest BCUT2D eigenvalue weighted by molar-refractivity contribution is -0.152. The quantitative estimate of drug-likeness (QED) is 0.00846. The van der Waals surface area contributed by atoms with Crippen molar-refractivity contribution in [2.45, 2.75) is 220 Å². The van der Waals surface area contributed by atoms with Crippen LogP contribution in [-0.2, 0) is 107 Å². The number of guanidine groups is 1. The Balaban J connectivity index is 0.996. The maximum absolute atomic E-state index is 14.9. The van der Waals surface area contributed by atoms with Gasteiger partial charge in [0.2, 0.25) is 94.5 Å². The molecular weight excluding hydrogens is 1730 g/mol. The average Bonchev–Trinajstić information content (AvgIpc) is 1.65. The molecule has 47 heteroatoms. The first-order chi connectivity index (χ1) is 61.9. The van der Waals surface area contributed by atoms with E-state index in [1.807, 2.05) is 0 Å². The summed E-state index contributed by atoms with van der Waals surface area (Å²) < 4.78 is 0. The number of aromatic hydroxyl groups is 3. The van der Waals surface area contributed by atoms with Crippen LogP contribution >= 0.6 is 25.3 Å². The summed E-state index contributed by atoms with van der Waals surface area (Å²) in [6, 6.07) is -3.89. The predicted molar refractivity (Wildman–Crippen MR) is 475 cm³/mol. The van der Waals surface area contributed by atoms with Crippen LogP contribution in [0, 0.1) is 5.41 Å². The first kappa shape index (κ1) is 104. The predicted octanol–water partition coefficient (Wildman–Crippen LogP) is -6.46. The van der Waals surface area contributed by atoms with Gasteiger partial charge in [-0.2, -0.15) is 25.3 Å². The third-order valence-electron chi connectivity index (χ3n) is 22.0. The van der Waals surface area contributed by atoms with E-state index in [0.717, 1.165) is 0 Å². The van der Waals surface area contributed by atoms with Crippen molar-refractivity contribution in [3.8, 4) is 17.2 Å². The van der Waals surface area contributed by atoms with Gasteiger partial charge in [-0.3, -0.25) is 82.1 Å². The topological polar surface area (TPSA) is 720 Å². The van der Waals surface area contributed by atoms with Crippen molar-refractivity contribution in [1.82, 2.24) is 93.8 Å². The molecule has 0 saturated carbocycles. The van der Waals surface area contributed by atoms with Crippen molar-refractivity contribution in [2.75, 3.05) is 57.3 Å². The molecule has 29 N–H and O–H groups in total. The summed E-state index contributed by atoms with van der Waals surface area (Å²) in [6.45, 7) is 2.13. The summed E-state index contributed by atoms with van der Waals surface area (Å²) >= 11 is 8.58. The third kappa shape index (κ3) is 32.4. The van der Waals surface area contributed by atoms with E-state index >= 15 is 0 Å². The zero-order valence-electron chi connectivity index (χ0n) is 72.1. The number of nitrogens with two attached hydrogens (primary N) is 5. The van der Waals surface area contributed by atoms with E-state index < -0.39 is 222 Å². The van der Waals surface area contributed by atoms with E-state index in [4.69, 9.17) is 34.1 Å². The van der Waals surface area contributed by atoms with Crippen LogP contribution in [0.25, 0.3) is 0 Å². The summed E-state index contributed by atoms with van der Waals surface area (Å²) in [7, 11) is 0. The molecular formula is C83H120N24O21S2. The van der Waals surface area contributed by atoms with Gasteiger partial charge in [0.05, 0.1) is 18.9 Å². The lowest BCUT2D eigenvalue weighted by Gasteiger charge is -2.33. The number of nitrogens with zero attached hydrogens (tertiary/aromatic N) is 4. The van der Waals surface area contributed by atoms with Gasteiger partial charge in [0.25, 0.3) is 0 Å². The van der Waals surface area contributed by atoms with Gasteiger partial charge in [-0.15, -0.1) is 0 Å². The first-order valence-corrected chi connectivity index (χ1v) is 44.0. The Morgan fingerprint density at radius 2 is 0.900 bits per heavy atom. The fraction of sp³-hybridized carbons (Fsp3) is 0.530. The number of hydrogen-bond donors (Lipinski definition) is 26. The summed E-state index contributed by atoms with van der Waals surface area (Å²) in [5.41, 5.74) is 30.9. The number of imidazole rings is 1. The lowest BCUT2D eigenvalue weighted by Crippen LogP contribution is -2.61. The van der Waals surface area contributed by atoms with Gasteiger partial charge in [-0.25, -0.2) is 9.78 Å². The highest BCUT2D eigenvalue weighted by molar-refractivity contribution is 7.80. The Kier molecular flexibility index (Phi) is 41.6. The molecule has 0 radical (unpaired) electrons. The molecule has 0 bridgehead atoms. The number of carbonyl (C=O) groups excluding carboxylic acids is 16. The average molecular weight is 1850 g/mol. The Morgan fingerprint density at radius 1 is 0.462 bits per heavy atom. The maximum Gasteiger partial charge on any atom is 0.326 e. The molecule has 3 aromatic carbocycles. The van der Waals surface area contributed by atoms with Crippen molar-refractivity contribution in [3.05, 3.63) is 108 Å². The monoisotopic (exact) mass is 1850 g/mol. The van der Waals surface area contributed by atoms with Crippen molar-refractivity contribution in [3.63, 3.8) is 0 Å². The minimum atomic E-state index is -1.66. The van der Waals surface area contributed by atoms with Gasteiger partial charge in [-0.05, 0) is 170 Å². The highest BCUT2D eigenvalue weighted by Crippen LogP contribution is 2.28. The van der Waals surface area contributed by atoms with E-state index in [9.17, 15) is 102 Å². The Hall–Kier alpha value is -12.9. The molecule has 3 aliphatic heterocycles. The van der Waals surface area contributed by atoms with Gasteiger partial charge < -0.3 is 138 Å². The number of thiol groups is 2. The number of phenols is 3. The molecule has 45 nitrogen and oxygen atoms in total. The second-order valence-corrected chi connectivity index (χ2v) is 32.6. The minimum absolute atomic E-state index is 0.00432. The van der Waals surface area contributed by atoms with Gasteiger partial charge in [0.1, 0.15) is 102 Å². The zero-order chi connectivity index (χ0) is 95.4. The van der Waals surface area contributed by atoms with Crippen molar-refractivity contribution >= 4 is 132 Å². The van der Waals surface area contributed by atoms with Crippen LogP contribution in [0.1, 0.15) is 126 Å². The molecule has 16 amide bonds. The summed E-state index contributed by atoms with van der Waals surface area (Å²) in [4.78, 5) is 248. The SMILES string of the molecule is C[C@H](NC(=O)[C@H](Cc1cnc[nH]1)NC(=O)[C@@H](N)Cc1ccc(O)cc1)C(=O)N[C@@H](CS)C(=O)NCC(=O)N[C@@H](C)C(=O)N1CCC[C@H]1C(=O)N[C@@H](CCN)C(=O)N[C@@H](CCCNC(=N)N)C(=O)N[C@@H](Cc1ccc(O)cc1)C(=O)N[C@@H](CS)C(=O)N[C@@H](Cc1ccc(O)cc1)C(=O)N[C@@H](CCC(N)=O)C(=O)N[C@@H](CCCCN)C(=O)N1CCC[C@H]1C(=O)N1CCC[C@H]1C(=O)O. The number of aromatic amines is 1. The van der Waals surface area contributed by atoms with Crippen LogP contribution < -0.4 is 97.8 Å². The van der Waals surface area contributed by atoms with Crippen molar-refractivity contribution < 1.29 is 102 Å². The van der Waals surface area contributed by atoms with E-state index in [-0.39, 0.29) is 139 Å². The number of nitrogens with one attached hydrogen (secondary N) is 15. The van der Waals surface area contributed by atoms with Gasteiger partial charge in [0, 0.05) is 75.3 Å². The number of aliphatic carboxylic acids is 1. The number of likely N-dealkylation sites (tertiary alicyclic amines) is 3. The van der Waals surface area contributed by atoms with Crippen LogP contribution in [0.15, 0.2) is 85.3 Å². The van der Waals surface area contributed by atoms with Crippen LogP contribution in [0.4, 0.5) is 0 Å². The molecule has 3 saturated heterocycles. The van der Waals surface area contributed by atoms with Gasteiger partial charge in [-0.1, -0.05) is 36.4 Å². The zero-order valence-corrected chi connectivity index (χ0v) is 73.9. The number of hydrogen-bond acceptors (Lipinski definition) is 27. The molecule has 15 atom stereocenters. The molecule has 3 fully saturated rings. The van der Waals surface area contributed by atoms with E-state index in [2.05, 4.69) is 104 Å². The Morgan fingerprint density at radius 3 is 1.42 bits per heavy atom. The minimum Gasteiger partial charge on any atom is -0.508 e. The number of phenolic OH excluding ortho intramolecular Hbond substituents is 3. The number of unbranched alkanes of at least 4 members (excludes halogenated alkanes) is 1. The smallest absolute Gasteiger partial charge is 0.326 e. The standard InChI is InChI=1S/C83H120N24O21S2/c1-44(95-74(119)60(38-49-39-90-43-93-49)100-69(114)53(86)35-46-14-20-50(108)21-15-46)68(113)103-61(41-129)70(115)92-40-67(112)94-45(2)79(124)105-32-6-11-63(105)78(123)98-56(28-30-85)73(118)96-54(10-5-31-91-83(88)89)71(116)101-59(37-48-18-24-52(110)25-19-48)76(121)104-62(42-130)77(122)102-58(36-47-16-22-51(109)23-17-47)75(120)97-55(26-27-66(87)111)72(117)99-57(9-3-4-29-84)80(125)106-33-7-12-64(106)81(126)107-34-8-13-65(107)82(127)128/h14-25,39,43-45,53-65,108-110,129-130H,3-13,26-38,40-42,84-86H2,1-2H3,(H2,87,111)(H,90,93)(H,92,115)(H,94,112)(H,95,119)(H,96,118)(H,97,120)(H,98,123)(H,99,117)(H,100,114)(H,101,116)(H,102,122)(H,103,113)(H,104,121)(H,127,128)(H4,88,89,91)/t44-,45-,53-,54-,55-,56-,57-,58-,59-,60-,61-,62-,63-,64-,65-/m0/s1. The Labute approximate surface area is 760 Å². The lowest BCUT2D eigenvalue weighted by atomic mass is 10.0. The maximum atomic E-state index is 14.9. The highest BCUT2D eigenvalue weighted by Gasteiger charge is 2.46. The number of carbonyl (C=O) groups is 17. The van der Waals surface area contributed by atoms with Crippen molar-refractivity contribution in [2.24, 2.45) is 28.7 Å². The van der Waals surface area contributed by atoms with E-state index in [1.165, 1.54) is 102 Å². The van der Waals surface area contributed by atoms with Gasteiger partial charge in [0.15, 0.2) is 5.96 Å². The van der Waals surface area contributed by atoms with Crippen LogP contribution in [0.5, 0.6) is 17.2 Å². The number of carboxylic acid groups (broad SMARTS) is 1. The molecule has 1 aromatic heterocycles. The summed E-state index contributed by atoms with van der Waals surface area (Å²) in [6.07, 6.45) is 2.95. The first-order valence-electron chi connectivity index (χ1n) is 42.7. The number of rotatable bonds is 51. The third-order valence-corrected chi connectivity index (χ3v) is 22.7. The molecule has 0 aliphatic carbocycles. The number of H-pyrrole nitrogens is 1. The highest BCUT2D eigenvalue weighted by atomic mass is 32.1. The molecule has 4 heterocycles. The number of primary amides is 1. The fourth-order valence-corrected chi connectivity index (χ4v) is 15.4. The number of benzene rings is 3. The second-order valence-electron chi connectivity index (χ2n) is 31.9. The van der Waals surface area contributed by atoms with Crippen LogP contribution in [0.2, 0.25) is 0 Å². The van der Waals surface area contributed by atoms with E-state index in [0.29, 0.717) is 48.1 Å². The molecule has 130 heavy (non-hydrogen) atoms. The van der Waals surface area contributed by atoms with Crippen LogP contribution in [-0.4, -0.2) is 299 Å².